The zero-order chi connectivity index (χ0) is 40.4. The lowest BCUT2D eigenvalue weighted by Crippen LogP contribution is -2.41. The number of para-hydroxylation sites is 2. The average Bonchev–Trinajstić information content (AvgIpc) is 3.75. The Kier molecular flexibility index (Phi) is 14.8. The van der Waals surface area contributed by atoms with E-state index in [1.54, 1.807) is 40.7 Å². The molecular formula is C39H48N9O7P. The largest absolute Gasteiger partial charge is 0.426 e. The van der Waals surface area contributed by atoms with E-state index in [0.717, 1.165) is 0 Å². The van der Waals surface area contributed by atoms with Crippen LogP contribution in [-0.4, -0.2) is 110 Å². The number of aliphatic imine (C=N–C) groups is 1. The zero-order valence-corrected chi connectivity index (χ0v) is 33.5. The quantitative estimate of drug-likeness (QED) is 0.0439. The number of rotatable bonds is 16. The van der Waals surface area contributed by atoms with Gasteiger partial charge >= 0.3 is 12.1 Å². The van der Waals surface area contributed by atoms with E-state index >= 15 is 0 Å². The summed E-state index contributed by atoms with van der Waals surface area (Å²) in [4.78, 5) is 35.8. The highest BCUT2D eigenvalue weighted by Crippen LogP contribution is 2.50. The third-order valence-corrected chi connectivity index (χ3v) is 10.8. The van der Waals surface area contributed by atoms with E-state index in [4.69, 9.17) is 34.7 Å². The number of aliphatic hydroxyl groups is 1. The van der Waals surface area contributed by atoms with E-state index in [1.165, 1.54) is 11.2 Å². The number of anilines is 2. The lowest BCUT2D eigenvalue weighted by Gasteiger charge is -2.38. The first-order valence-corrected chi connectivity index (χ1v) is 19.3. The van der Waals surface area contributed by atoms with E-state index in [9.17, 15) is 15.2 Å². The summed E-state index contributed by atoms with van der Waals surface area (Å²) in [6.45, 7) is 9.49. The van der Waals surface area contributed by atoms with Gasteiger partial charge in [0.05, 0.1) is 43.4 Å². The molecule has 17 heteroatoms. The molecule has 0 aliphatic carbocycles. The first kappa shape index (κ1) is 42.1. The Hall–Kier alpha value is -5.03. The lowest BCUT2D eigenvalue weighted by molar-refractivity contribution is -0.0635. The second-order valence-corrected chi connectivity index (χ2v) is 14.8. The fourth-order valence-corrected chi connectivity index (χ4v) is 7.78. The van der Waals surface area contributed by atoms with E-state index in [2.05, 4.69) is 31.6 Å². The molecule has 2 aromatic carbocycles. The summed E-state index contributed by atoms with van der Waals surface area (Å²) in [6, 6.07) is 20.0. The highest BCUT2D eigenvalue weighted by atomic mass is 31.2. The summed E-state index contributed by atoms with van der Waals surface area (Å²) in [7, 11) is 1.90. The SMILES string of the molecule is C#CCO[C@@H]1[C@H](OP(OCCC#N)N(C(C)C)C(C)C)[C@@H](CO)O[C@H]1n1cnc2c(/N=C(\C)N(C)C)nc(OC(=O)N(c3ccccc3)c3ccccc3)nc21. The number of amidine groups is 1. The number of hydrogen-bond acceptors (Lipinski definition) is 13. The van der Waals surface area contributed by atoms with Crippen molar-refractivity contribution < 1.29 is 33.2 Å². The molecule has 1 fully saturated rings. The molecule has 1 amide bonds. The number of terminal acetylenes is 1. The van der Waals surface area contributed by atoms with Crippen molar-refractivity contribution in [1.29, 1.82) is 5.26 Å². The van der Waals surface area contributed by atoms with Crippen molar-refractivity contribution >= 4 is 48.8 Å². The molecule has 16 nitrogen and oxygen atoms in total. The van der Waals surface area contributed by atoms with E-state index < -0.39 is 45.8 Å². The maximum Gasteiger partial charge on any atom is 0.426 e. The molecule has 3 heterocycles. The highest BCUT2D eigenvalue weighted by Gasteiger charge is 2.50. The number of hydrogen-bond donors (Lipinski definition) is 1. The first-order chi connectivity index (χ1) is 27.0. The number of fused-ring (bicyclic) bond motifs is 1. The fourth-order valence-electron chi connectivity index (χ4n) is 6.01. The van der Waals surface area contributed by atoms with Crippen LogP contribution in [0.2, 0.25) is 0 Å². The third kappa shape index (κ3) is 9.85. The van der Waals surface area contributed by atoms with E-state index in [-0.39, 0.29) is 54.7 Å². The second-order valence-electron chi connectivity index (χ2n) is 13.4. The molecular weight excluding hydrogens is 737 g/mol. The predicted molar refractivity (Wildman–Crippen MR) is 212 cm³/mol. The summed E-state index contributed by atoms with van der Waals surface area (Å²) >= 11 is 0. The Labute approximate surface area is 328 Å². The van der Waals surface area contributed by atoms with Crippen LogP contribution in [0, 0.1) is 23.7 Å². The van der Waals surface area contributed by atoms with Gasteiger partial charge in [-0.1, -0.05) is 42.3 Å². The number of imidazole rings is 1. The van der Waals surface area contributed by atoms with Crippen LogP contribution in [0.15, 0.2) is 72.0 Å². The number of aromatic nitrogens is 4. The van der Waals surface area contributed by atoms with E-state index in [1.807, 2.05) is 78.2 Å². The summed E-state index contributed by atoms with van der Waals surface area (Å²) < 4.78 is 35.2. The highest BCUT2D eigenvalue weighted by molar-refractivity contribution is 7.44. The molecule has 2 aromatic heterocycles. The van der Waals surface area contributed by atoms with Gasteiger partial charge in [-0.3, -0.25) is 4.57 Å². The number of nitriles is 1. The zero-order valence-electron chi connectivity index (χ0n) is 32.6. The smallest absolute Gasteiger partial charge is 0.394 e. The number of carbonyl (C=O) groups is 1. The maximum atomic E-state index is 14.0. The molecule has 4 aromatic rings. The fraction of sp³-hybridized carbons (Fsp3) is 0.436. The van der Waals surface area contributed by atoms with Gasteiger partial charge in [-0.25, -0.2) is 24.3 Å². The minimum absolute atomic E-state index is 0.0127. The van der Waals surface area contributed by atoms with Gasteiger partial charge in [-0.15, -0.1) is 6.42 Å². The number of ether oxygens (including phenoxy) is 3. The minimum Gasteiger partial charge on any atom is -0.394 e. The normalized spacial score (nSPS) is 19.0. The summed E-state index contributed by atoms with van der Waals surface area (Å²) in [5.74, 6) is 3.24. The Balaban J connectivity index is 1.59. The van der Waals surface area contributed by atoms with Crippen molar-refractivity contribution in [3.05, 3.63) is 67.0 Å². The first-order valence-electron chi connectivity index (χ1n) is 18.1. The summed E-state index contributed by atoms with van der Waals surface area (Å²) in [6.07, 6.45) is 2.87. The van der Waals surface area contributed by atoms with Crippen LogP contribution in [0.4, 0.5) is 22.0 Å². The van der Waals surface area contributed by atoms with Crippen molar-refractivity contribution in [3.63, 3.8) is 0 Å². The van der Waals surface area contributed by atoms with Crippen molar-refractivity contribution in [2.24, 2.45) is 4.99 Å². The molecule has 1 aliphatic heterocycles. The van der Waals surface area contributed by atoms with Crippen LogP contribution in [0.1, 0.15) is 47.3 Å². The van der Waals surface area contributed by atoms with Gasteiger partial charge in [0, 0.05) is 26.2 Å². The van der Waals surface area contributed by atoms with Crippen molar-refractivity contribution in [2.75, 3.05) is 38.8 Å². The van der Waals surface area contributed by atoms with Crippen molar-refractivity contribution in [3.8, 4) is 24.4 Å². The van der Waals surface area contributed by atoms with Gasteiger partial charge in [-0.05, 0) is 58.9 Å². The molecule has 1 N–H and O–H groups in total. The van der Waals surface area contributed by atoms with Gasteiger partial charge < -0.3 is 33.3 Å². The average molecular weight is 786 g/mol. The Morgan fingerprint density at radius 2 is 1.70 bits per heavy atom. The maximum absolute atomic E-state index is 14.0. The molecule has 0 radical (unpaired) electrons. The van der Waals surface area contributed by atoms with Gasteiger partial charge in [0.2, 0.25) is 0 Å². The summed E-state index contributed by atoms with van der Waals surface area (Å²) in [5.41, 5.74) is 1.62. The minimum atomic E-state index is -1.77. The Bertz CT molecular complexity index is 1970. The molecule has 5 atom stereocenters. The van der Waals surface area contributed by atoms with Gasteiger partial charge in [-0.2, -0.15) is 15.2 Å². The van der Waals surface area contributed by atoms with E-state index in [0.29, 0.717) is 17.2 Å². The van der Waals surface area contributed by atoms with Crippen LogP contribution >= 0.6 is 8.53 Å². The van der Waals surface area contributed by atoms with Crippen LogP contribution < -0.4 is 9.64 Å². The monoisotopic (exact) mass is 785 g/mol. The van der Waals surface area contributed by atoms with Crippen LogP contribution in [0.25, 0.3) is 11.2 Å². The number of aliphatic hydroxyl groups excluding tert-OH is 1. The topological polar surface area (TPSA) is 173 Å². The molecule has 1 unspecified atom stereocenters. The molecule has 5 rings (SSSR count). The lowest BCUT2D eigenvalue weighted by atomic mass is 10.1. The molecule has 56 heavy (non-hydrogen) atoms. The van der Waals surface area contributed by atoms with Gasteiger partial charge in [0.1, 0.15) is 30.8 Å². The number of benzene rings is 2. The standard InChI is InChI=1S/C39H48N9O7P/c1-9-22-51-34-33(55-56(52-23-16-21-40)48(26(2)3)27(4)5)31(24-49)53-37(34)46-25-41-32-35(42-28(6)45(7)8)43-38(44-36(32)46)54-39(50)47(29-17-12-10-13-18-29)30-19-14-11-15-20-30/h1,10-15,17-20,25-27,31,33-34,37,49H,16,22-24H2,2-8H3/b42-28+/t31-,33-,34-,37-,56?/m1/s1. The number of carbonyl (C=O) groups excluding carboxylic acids is 1. The Morgan fingerprint density at radius 1 is 1.05 bits per heavy atom. The van der Waals surface area contributed by atoms with Gasteiger partial charge in [0.25, 0.3) is 8.53 Å². The molecule has 0 saturated carbocycles. The molecule has 0 bridgehead atoms. The van der Waals surface area contributed by atoms with Crippen molar-refractivity contribution in [2.45, 2.75) is 77.7 Å². The molecule has 296 valence electrons. The van der Waals surface area contributed by atoms with Crippen LogP contribution in [0.5, 0.6) is 6.01 Å². The third-order valence-electron chi connectivity index (χ3n) is 8.66. The van der Waals surface area contributed by atoms with Crippen LogP contribution in [-0.2, 0) is 18.5 Å². The number of amides is 1. The molecule has 1 saturated heterocycles. The van der Waals surface area contributed by atoms with Gasteiger partial charge in [0.15, 0.2) is 23.2 Å². The second kappa shape index (κ2) is 19.7. The molecule has 1 aliphatic rings. The predicted octanol–water partition coefficient (Wildman–Crippen LogP) is 6.34. The molecule has 0 spiro atoms. The summed E-state index contributed by atoms with van der Waals surface area (Å²) in [5, 5.41) is 19.9. The number of nitrogens with zero attached hydrogens (tertiary/aromatic N) is 9. The Morgan fingerprint density at radius 3 is 2.25 bits per heavy atom. The van der Waals surface area contributed by atoms with Crippen LogP contribution in [0.3, 0.4) is 0 Å². The van der Waals surface area contributed by atoms with Crippen molar-refractivity contribution in [1.82, 2.24) is 29.1 Å².